The van der Waals surface area contributed by atoms with Crippen molar-refractivity contribution in [1.82, 2.24) is 9.97 Å². The van der Waals surface area contributed by atoms with Crippen molar-refractivity contribution in [2.24, 2.45) is 5.92 Å². The number of pyridine rings is 2. The maximum atomic E-state index is 8.54. The number of furan rings is 2. The summed E-state index contributed by atoms with van der Waals surface area (Å²) in [7, 11) is 0. The van der Waals surface area contributed by atoms with Gasteiger partial charge in [0.25, 0.3) is 0 Å². The van der Waals surface area contributed by atoms with Crippen LogP contribution in [0.5, 0.6) is 0 Å². The molecule has 0 bridgehead atoms. The second-order valence-electron chi connectivity index (χ2n) is 12.0. The van der Waals surface area contributed by atoms with Crippen LogP contribution in [0.4, 0.5) is 0 Å². The van der Waals surface area contributed by atoms with Gasteiger partial charge in [0.15, 0.2) is 0 Å². The zero-order chi connectivity index (χ0) is 33.7. The van der Waals surface area contributed by atoms with E-state index in [9.17, 15) is 0 Å². The number of hydrogen-bond acceptors (Lipinski definition) is 4. The standard InChI is InChI=1S/C32H24NO2.C11H8N.Ir/c1-18(2)15-20-13-14-33-28(17-20)27-6-4-5-22-24-11-12-25-26(31(24)35-32(22)27)10-9-23-21-8-7-19(3)16-29(21)34-30(23)25;1-2-6-10(7-3-1)11-8-4-5-9-12-11;/h4-5,7-14,16-18H,15H2,1-3H3;1-6,8-9H;/q2*-1;/i15D2;;. The van der Waals surface area contributed by atoms with Crippen molar-refractivity contribution in [2.75, 3.05) is 0 Å². The number of rotatable bonds is 4. The molecule has 0 amide bonds. The number of aromatic nitrogens is 2. The van der Waals surface area contributed by atoms with Gasteiger partial charge in [0.1, 0.15) is 16.7 Å². The molecule has 0 atom stereocenters. The third-order valence-corrected chi connectivity index (χ3v) is 8.31. The minimum absolute atomic E-state index is 0. The van der Waals surface area contributed by atoms with Crippen LogP contribution in [0.25, 0.3) is 77.2 Å². The van der Waals surface area contributed by atoms with E-state index in [2.05, 4.69) is 71.5 Å². The van der Waals surface area contributed by atoms with Crippen LogP contribution in [0.1, 0.15) is 27.7 Å². The predicted octanol–water partition coefficient (Wildman–Crippen LogP) is 11.6. The first-order valence-electron chi connectivity index (χ1n) is 16.8. The van der Waals surface area contributed by atoms with Crippen LogP contribution in [0.3, 0.4) is 0 Å². The molecular formula is C43H32IrN2O2-2. The molecule has 0 fully saturated rings. The summed E-state index contributed by atoms with van der Waals surface area (Å²) in [6.07, 6.45) is 1.98. The topological polar surface area (TPSA) is 52.1 Å². The van der Waals surface area contributed by atoms with E-state index in [-0.39, 0.29) is 26.0 Å². The van der Waals surface area contributed by atoms with Gasteiger partial charge in [-0.1, -0.05) is 66.8 Å². The first kappa shape index (κ1) is 29.1. The summed E-state index contributed by atoms with van der Waals surface area (Å²) in [5.41, 5.74) is 8.38. The molecule has 4 aromatic heterocycles. The Labute approximate surface area is 295 Å². The van der Waals surface area contributed by atoms with E-state index in [1.54, 1.807) is 18.5 Å². The molecule has 237 valence electrons. The van der Waals surface area contributed by atoms with E-state index >= 15 is 0 Å². The summed E-state index contributed by atoms with van der Waals surface area (Å²) in [6.45, 7) is 5.84. The van der Waals surface area contributed by atoms with Gasteiger partial charge in [-0.15, -0.1) is 54.1 Å². The SMILES string of the molecule is [2H]C([2H])(c1ccnc(-c2[c-]ccc3c2oc2c3ccc3c2ccc2c4ccc(C)cc4oc23)c1)C(C)C.[Ir].[c-]1ccccc1-c1ccccn1. The van der Waals surface area contributed by atoms with Gasteiger partial charge in [0.2, 0.25) is 0 Å². The molecule has 0 aliphatic carbocycles. The monoisotopic (exact) mass is 803 g/mol. The minimum Gasteiger partial charge on any atom is -0.500 e. The minimum atomic E-state index is -1.47. The first-order valence-corrected chi connectivity index (χ1v) is 15.8. The smallest absolute Gasteiger partial charge is 0.143 e. The van der Waals surface area contributed by atoms with E-state index in [4.69, 9.17) is 11.6 Å². The summed E-state index contributed by atoms with van der Waals surface area (Å²) in [4.78, 5) is 8.78. The van der Waals surface area contributed by atoms with Crippen LogP contribution in [0.15, 0.2) is 130 Å². The number of nitrogens with zero attached hydrogens (tertiary/aromatic N) is 2. The Morgan fingerprint density at radius 2 is 1.33 bits per heavy atom. The van der Waals surface area contributed by atoms with Crippen molar-refractivity contribution in [1.29, 1.82) is 0 Å². The fourth-order valence-electron chi connectivity index (χ4n) is 6.20. The van der Waals surface area contributed by atoms with Crippen LogP contribution >= 0.6 is 0 Å². The molecule has 4 heterocycles. The third-order valence-electron chi connectivity index (χ3n) is 8.31. The van der Waals surface area contributed by atoms with Gasteiger partial charge < -0.3 is 18.8 Å². The van der Waals surface area contributed by atoms with Gasteiger partial charge in [0.05, 0.1) is 5.58 Å². The molecule has 0 unspecified atom stereocenters. The van der Waals surface area contributed by atoms with E-state index in [1.165, 1.54) is 5.56 Å². The molecule has 0 saturated carbocycles. The quantitative estimate of drug-likeness (QED) is 0.166. The average molecular weight is 803 g/mol. The summed E-state index contributed by atoms with van der Waals surface area (Å²) in [6, 6.07) is 42.3. The second kappa shape index (κ2) is 13.2. The van der Waals surface area contributed by atoms with Gasteiger partial charge in [-0.25, -0.2) is 0 Å². The molecule has 5 aromatic carbocycles. The molecule has 0 spiro atoms. The van der Waals surface area contributed by atoms with Gasteiger partial charge >= 0.3 is 0 Å². The Balaban J connectivity index is 0.000000255. The molecular weight excluding hydrogens is 769 g/mol. The van der Waals surface area contributed by atoms with Crippen molar-refractivity contribution in [3.8, 4) is 22.5 Å². The summed E-state index contributed by atoms with van der Waals surface area (Å²) >= 11 is 0. The van der Waals surface area contributed by atoms with Crippen LogP contribution < -0.4 is 0 Å². The normalized spacial score (nSPS) is 12.2. The van der Waals surface area contributed by atoms with Gasteiger partial charge in [-0.05, 0) is 72.6 Å². The molecule has 9 aromatic rings. The molecule has 4 nitrogen and oxygen atoms in total. The summed E-state index contributed by atoms with van der Waals surface area (Å²) in [5, 5.41) is 6.18. The second-order valence-corrected chi connectivity index (χ2v) is 12.0. The van der Waals surface area contributed by atoms with Crippen LogP contribution in [0, 0.1) is 25.0 Å². The van der Waals surface area contributed by atoms with Gasteiger partial charge in [-0.3, -0.25) is 0 Å². The largest absolute Gasteiger partial charge is 0.500 e. The number of fused-ring (bicyclic) bond motifs is 9. The van der Waals surface area contributed by atoms with E-state index in [1.807, 2.05) is 74.5 Å². The zero-order valence-electron chi connectivity index (χ0n) is 28.7. The molecule has 0 aliphatic rings. The maximum Gasteiger partial charge on any atom is 0.143 e. The van der Waals surface area contributed by atoms with E-state index < -0.39 is 6.37 Å². The zero-order valence-corrected chi connectivity index (χ0v) is 29.1. The van der Waals surface area contributed by atoms with Gasteiger partial charge in [-0.2, -0.15) is 0 Å². The number of aryl methyl sites for hydroxylation is 1. The summed E-state index contributed by atoms with van der Waals surface area (Å²) in [5.74, 6) is -0.168. The van der Waals surface area contributed by atoms with Crippen LogP contribution in [-0.2, 0) is 26.5 Å². The Morgan fingerprint density at radius 3 is 2.04 bits per heavy atom. The van der Waals surface area contributed by atoms with Crippen LogP contribution in [-0.4, -0.2) is 9.97 Å². The molecule has 48 heavy (non-hydrogen) atoms. The fourth-order valence-corrected chi connectivity index (χ4v) is 6.20. The molecule has 0 aliphatic heterocycles. The molecule has 5 heteroatoms. The molecule has 9 rings (SSSR count). The number of hydrogen-bond donors (Lipinski definition) is 0. The van der Waals surface area contributed by atoms with Crippen LogP contribution in [0.2, 0.25) is 0 Å². The first-order chi connectivity index (χ1) is 23.8. The molecule has 0 saturated heterocycles. The van der Waals surface area contributed by atoms with Crippen molar-refractivity contribution in [2.45, 2.75) is 27.1 Å². The predicted molar refractivity (Wildman–Crippen MR) is 192 cm³/mol. The number of benzene rings is 5. The average Bonchev–Trinajstić information content (AvgIpc) is 3.71. The van der Waals surface area contributed by atoms with Crippen molar-refractivity contribution >= 4 is 54.6 Å². The maximum absolute atomic E-state index is 8.54. The van der Waals surface area contributed by atoms with E-state index in [0.717, 1.165) is 65.9 Å². The van der Waals surface area contributed by atoms with Crippen molar-refractivity contribution < 1.29 is 31.7 Å². The Hall–Kier alpha value is -5.09. The third kappa shape index (κ3) is 5.81. The Kier molecular flexibility index (Phi) is 7.99. The molecule has 1 radical (unpaired) electrons. The Morgan fingerprint density at radius 1 is 0.646 bits per heavy atom. The van der Waals surface area contributed by atoms with Crippen molar-refractivity contribution in [3.05, 3.63) is 145 Å². The van der Waals surface area contributed by atoms with Crippen molar-refractivity contribution in [3.63, 3.8) is 0 Å². The Bertz CT molecular complexity index is 2590. The fraction of sp³-hybridized carbons (Fsp3) is 0.116. The summed E-state index contributed by atoms with van der Waals surface area (Å²) < 4.78 is 30.0. The van der Waals surface area contributed by atoms with Gasteiger partial charge in [0, 0.05) is 62.2 Å². The molecule has 0 N–H and O–H groups in total. The van der Waals surface area contributed by atoms with E-state index in [0.29, 0.717) is 16.8 Å².